The minimum Gasteiger partial charge on any atom is -0.478 e. The summed E-state index contributed by atoms with van der Waals surface area (Å²) in [6.45, 7) is 1.41. The molecule has 2 aromatic rings. The Labute approximate surface area is 200 Å². The van der Waals surface area contributed by atoms with E-state index in [4.69, 9.17) is 10.8 Å². The maximum absolute atomic E-state index is 13.8. The van der Waals surface area contributed by atoms with Crippen molar-refractivity contribution in [2.75, 3.05) is 26.2 Å². The molecule has 0 saturated carbocycles. The van der Waals surface area contributed by atoms with Gasteiger partial charge in [-0.1, -0.05) is 0 Å². The van der Waals surface area contributed by atoms with E-state index in [0.717, 1.165) is 6.07 Å². The highest BCUT2D eigenvalue weighted by atomic mass is 35.5. The first-order chi connectivity index (χ1) is 15.7. The van der Waals surface area contributed by atoms with Crippen LogP contribution in [0.15, 0.2) is 36.4 Å². The van der Waals surface area contributed by atoms with Gasteiger partial charge < -0.3 is 20.6 Å². The van der Waals surface area contributed by atoms with Crippen molar-refractivity contribution in [1.29, 1.82) is 0 Å². The number of nitrogens with two attached hydrogens (primary N) is 1. The van der Waals surface area contributed by atoms with Crippen LogP contribution in [0.2, 0.25) is 0 Å². The Kier molecular flexibility index (Phi) is 9.46. The zero-order chi connectivity index (χ0) is 24.1. The Hall–Kier alpha value is -3.11. The lowest BCUT2D eigenvalue weighted by molar-refractivity contribution is -0.131. The molecule has 2 aromatic carbocycles. The maximum atomic E-state index is 13.8. The summed E-state index contributed by atoms with van der Waals surface area (Å²) in [4.78, 5) is 39.5. The zero-order valence-electron chi connectivity index (χ0n) is 18.2. The molecular weight excluding hydrogens is 475 g/mol. The summed E-state index contributed by atoms with van der Waals surface area (Å²) >= 11 is 0. The van der Waals surface area contributed by atoms with Crippen LogP contribution in [-0.2, 0) is 11.2 Å². The highest BCUT2D eigenvalue weighted by Crippen LogP contribution is 2.17. The van der Waals surface area contributed by atoms with Gasteiger partial charge >= 0.3 is 5.97 Å². The highest BCUT2D eigenvalue weighted by molar-refractivity contribution is 5.96. The van der Waals surface area contributed by atoms with Crippen LogP contribution >= 0.6 is 12.4 Å². The van der Waals surface area contributed by atoms with E-state index >= 15 is 0 Å². The summed E-state index contributed by atoms with van der Waals surface area (Å²) in [5.74, 6) is -5.00. The Morgan fingerprint density at radius 3 is 2.09 bits per heavy atom. The molecule has 34 heavy (non-hydrogen) atoms. The van der Waals surface area contributed by atoms with Crippen LogP contribution in [0.1, 0.15) is 39.1 Å². The minimum absolute atomic E-state index is 0. The molecule has 184 valence electrons. The lowest BCUT2D eigenvalue weighted by Gasteiger charge is -2.23. The molecule has 0 spiro atoms. The third-order valence-corrected chi connectivity index (χ3v) is 5.52. The van der Waals surface area contributed by atoms with E-state index in [1.807, 2.05) is 0 Å². The van der Waals surface area contributed by atoms with Crippen LogP contribution in [0.25, 0.3) is 0 Å². The molecular formula is C23H25ClF3N3O4. The first-order valence-electron chi connectivity index (χ1n) is 10.4. The summed E-state index contributed by atoms with van der Waals surface area (Å²) < 4.78 is 40.3. The topological polar surface area (TPSA) is 104 Å². The highest BCUT2D eigenvalue weighted by Gasteiger charge is 2.24. The number of nitrogens with zero attached hydrogens (tertiary/aromatic N) is 2. The van der Waals surface area contributed by atoms with Gasteiger partial charge in [-0.2, -0.15) is 0 Å². The van der Waals surface area contributed by atoms with Crippen molar-refractivity contribution in [3.63, 3.8) is 0 Å². The summed E-state index contributed by atoms with van der Waals surface area (Å²) in [5.41, 5.74) is 6.30. The molecule has 1 atom stereocenters. The molecule has 1 saturated heterocycles. The SMILES string of the molecule is Cl.N[C@@H](CC(=O)N1CCCN(C(=O)c2ccc(C(=O)O)cc2)CC1)Cc1cc(F)c(F)cc1F. The predicted octanol–water partition coefficient (Wildman–Crippen LogP) is 2.86. The van der Waals surface area contributed by atoms with Crippen molar-refractivity contribution >= 4 is 30.2 Å². The van der Waals surface area contributed by atoms with Crippen molar-refractivity contribution in [3.8, 4) is 0 Å². The molecule has 1 fully saturated rings. The number of carbonyl (C=O) groups excluding carboxylic acids is 2. The van der Waals surface area contributed by atoms with Gasteiger partial charge in [-0.05, 0) is 48.7 Å². The Bertz CT molecular complexity index is 1050. The van der Waals surface area contributed by atoms with Gasteiger partial charge in [-0.15, -0.1) is 12.4 Å². The van der Waals surface area contributed by atoms with Gasteiger partial charge in [0.15, 0.2) is 11.6 Å². The second kappa shape index (κ2) is 11.8. The normalized spacial score (nSPS) is 14.7. The molecule has 0 radical (unpaired) electrons. The molecule has 1 heterocycles. The summed E-state index contributed by atoms with van der Waals surface area (Å²) in [5, 5.41) is 8.97. The summed E-state index contributed by atoms with van der Waals surface area (Å²) in [7, 11) is 0. The smallest absolute Gasteiger partial charge is 0.335 e. The molecule has 7 nitrogen and oxygen atoms in total. The van der Waals surface area contributed by atoms with Crippen LogP contribution in [-0.4, -0.2) is 64.9 Å². The van der Waals surface area contributed by atoms with E-state index in [-0.39, 0.29) is 61.3 Å². The van der Waals surface area contributed by atoms with Crippen LogP contribution in [0.4, 0.5) is 13.2 Å². The molecule has 0 unspecified atom stereocenters. The molecule has 11 heteroatoms. The fraction of sp³-hybridized carbons (Fsp3) is 0.348. The first-order valence-corrected chi connectivity index (χ1v) is 10.4. The zero-order valence-corrected chi connectivity index (χ0v) is 19.0. The molecule has 3 rings (SSSR count). The number of carbonyl (C=O) groups is 3. The molecule has 3 N–H and O–H groups in total. The lowest BCUT2D eigenvalue weighted by atomic mass is 10.0. The lowest BCUT2D eigenvalue weighted by Crippen LogP contribution is -2.40. The molecule has 1 aliphatic heterocycles. The van der Waals surface area contributed by atoms with Gasteiger partial charge in [-0.3, -0.25) is 9.59 Å². The van der Waals surface area contributed by atoms with Crippen molar-refractivity contribution in [2.45, 2.75) is 25.3 Å². The fourth-order valence-electron chi connectivity index (χ4n) is 3.74. The first kappa shape index (κ1) is 27.1. The van der Waals surface area contributed by atoms with Gasteiger partial charge in [0.05, 0.1) is 5.56 Å². The average molecular weight is 500 g/mol. The largest absolute Gasteiger partial charge is 0.478 e. The molecule has 2 amide bonds. The Morgan fingerprint density at radius 1 is 0.882 bits per heavy atom. The number of amides is 2. The van der Waals surface area contributed by atoms with Crippen molar-refractivity contribution < 1.29 is 32.7 Å². The van der Waals surface area contributed by atoms with Crippen molar-refractivity contribution in [2.24, 2.45) is 5.73 Å². The van der Waals surface area contributed by atoms with Gasteiger partial charge in [-0.25, -0.2) is 18.0 Å². The van der Waals surface area contributed by atoms with E-state index in [1.54, 1.807) is 9.80 Å². The number of halogens is 4. The predicted molar refractivity (Wildman–Crippen MR) is 120 cm³/mol. The number of carboxylic acid groups (broad SMARTS) is 1. The van der Waals surface area contributed by atoms with E-state index < -0.39 is 29.5 Å². The maximum Gasteiger partial charge on any atom is 0.335 e. The second-order valence-electron chi connectivity index (χ2n) is 7.94. The Morgan fingerprint density at radius 2 is 1.44 bits per heavy atom. The van der Waals surface area contributed by atoms with Gasteiger partial charge in [0.1, 0.15) is 5.82 Å². The number of rotatable bonds is 6. The van der Waals surface area contributed by atoms with Gasteiger partial charge in [0, 0.05) is 50.3 Å². The number of hydrogen-bond acceptors (Lipinski definition) is 4. The number of aromatic carboxylic acids is 1. The average Bonchev–Trinajstić information content (AvgIpc) is 3.03. The van der Waals surface area contributed by atoms with Crippen LogP contribution in [0.3, 0.4) is 0 Å². The number of hydrogen-bond donors (Lipinski definition) is 2. The molecule has 1 aliphatic rings. The van der Waals surface area contributed by atoms with E-state index in [9.17, 15) is 27.6 Å². The summed E-state index contributed by atoms with van der Waals surface area (Å²) in [6.07, 6.45) is 0.306. The second-order valence-corrected chi connectivity index (χ2v) is 7.94. The monoisotopic (exact) mass is 499 g/mol. The van der Waals surface area contributed by atoms with Crippen LogP contribution in [0, 0.1) is 17.5 Å². The molecule has 0 bridgehead atoms. The van der Waals surface area contributed by atoms with Crippen molar-refractivity contribution in [1.82, 2.24) is 9.80 Å². The molecule has 0 aliphatic carbocycles. The van der Waals surface area contributed by atoms with E-state index in [0.29, 0.717) is 31.1 Å². The third-order valence-electron chi connectivity index (χ3n) is 5.52. The van der Waals surface area contributed by atoms with Gasteiger partial charge in [0.25, 0.3) is 5.91 Å². The van der Waals surface area contributed by atoms with Crippen LogP contribution in [0.5, 0.6) is 0 Å². The Balaban J connectivity index is 0.00000408. The van der Waals surface area contributed by atoms with Gasteiger partial charge in [0.2, 0.25) is 5.91 Å². The quantitative estimate of drug-likeness (QED) is 0.595. The third kappa shape index (κ3) is 6.71. The van der Waals surface area contributed by atoms with E-state index in [1.165, 1.54) is 24.3 Å². The van der Waals surface area contributed by atoms with Crippen molar-refractivity contribution in [3.05, 3.63) is 70.5 Å². The van der Waals surface area contributed by atoms with E-state index in [2.05, 4.69) is 0 Å². The standard InChI is InChI=1S/C23H24F3N3O4.ClH/c24-18-13-20(26)19(25)11-16(18)10-17(27)12-21(30)28-6-1-7-29(9-8-28)22(31)14-2-4-15(5-3-14)23(32)33;/h2-5,11,13,17H,1,6-10,12,27H2,(H,32,33);1H/t17-;/m1./s1. The fourth-order valence-corrected chi connectivity index (χ4v) is 3.74. The minimum atomic E-state index is -1.29. The molecule has 0 aromatic heterocycles. The summed E-state index contributed by atoms with van der Waals surface area (Å²) in [6, 6.07) is 6.04. The van der Waals surface area contributed by atoms with Crippen LogP contribution < -0.4 is 5.73 Å². The number of benzene rings is 2. The number of carboxylic acids is 1.